The quantitative estimate of drug-likeness (QED) is 0.366. The van der Waals surface area contributed by atoms with Gasteiger partial charge in [0.15, 0.2) is 0 Å². The molecule has 0 bridgehead atoms. The summed E-state index contributed by atoms with van der Waals surface area (Å²) >= 11 is 0. The molecular formula is C11H20N4O5. The van der Waals surface area contributed by atoms with Crippen LogP contribution in [0.5, 0.6) is 0 Å². The van der Waals surface area contributed by atoms with E-state index in [1.54, 1.807) is 13.8 Å². The van der Waals surface area contributed by atoms with Crippen molar-refractivity contribution in [3.63, 3.8) is 0 Å². The van der Waals surface area contributed by atoms with Gasteiger partial charge in [0, 0.05) is 6.42 Å². The lowest BCUT2D eigenvalue weighted by Gasteiger charge is -2.21. The maximum Gasteiger partial charge on any atom is 0.326 e. The van der Waals surface area contributed by atoms with E-state index in [1.807, 2.05) is 0 Å². The van der Waals surface area contributed by atoms with Crippen LogP contribution in [0.2, 0.25) is 0 Å². The Morgan fingerprint density at radius 1 is 1.10 bits per heavy atom. The van der Waals surface area contributed by atoms with Gasteiger partial charge in [-0.25, -0.2) is 9.59 Å². The number of hydrogen-bond donors (Lipinski definition) is 5. The van der Waals surface area contributed by atoms with Crippen molar-refractivity contribution in [1.82, 2.24) is 10.6 Å². The third-order valence-corrected chi connectivity index (χ3v) is 2.54. The Balaban J connectivity index is 4.56. The summed E-state index contributed by atoms with van der Waals surface area (Å²) in [6.45, 7) is 3.36. The molecule has 0 saturated carbocycles. The molecule has 4 amide bonds. The molecule has 0 spiro atoms. The van der Waals surface area contributed by atoms with Crippen LogP contribution in [0, 0.1) is 5.92 Å². The number of rotatable bonds is 8. The zero-order chi connectivity index (χ0) is 15.9. The van der Waals surface area contributed by atoms with Crippen LogP contribution in [0.3, 0.4) is 0 Å². The van der Waals surface area contributed by atoms with E-state index in [-0.39, 0.29) is 18.8 Å². The fourth-order valence-electron chi connectivity index (χ4n) is 1.45. The molecule has 0 fully saturated rings. The standard InChI is InChI=1S/C11H20N4O5/c1-5(2)8(9(13)17)15-11(20)14-6(10(18)19)3-4-7(12)16/h5-6,8H,3-4H2,1-2H3,(H2,12,16)(H2,13,17)(H,18,19)(H2,14,15,20)/t6-,8?/m0/s1. The highest BCUT2D eigenvalue weighted by Crippen LogP contribution is 2.02. The molecule has 0 aromatic rings. The lowest BCUT2D eigenvalue weighted by molar-refractivity contribution is -0.139. The van der Waals surface area contributed by atoms with Crippen molar-refractivity contribution in [3.8, 4) is 0 Å². The fraction of sp³-hybridized carbons (Fsp3) is 0.636. The third-order valence-electron chi connectivity index (χ3n) is 2.54. The maximum absolute atomic E-state index is 11.6. The first-order valence-corrected chi connectivity index (χ1v) is 6.02. The molecule has 9 nitrogen and oxygen atoms in total. The van der Waals surface area contributed by atoms with Crippen LogP contribution in [0.25, 0.3) is 0 Å². The number of carbonyl (C=O) groups is 4. The van der Waals surface area contributed by atoms with Gasteiger partial charge in [0.05, 0.1) is 0 Å². The number of carboxylic acid groups (broad SMARTS) is 1. The molecule has 0 aromatic carbocycles. The Kier molecular flexibility index (Phi) is 7.05. The number of urea groups is 1. The van der Waals surface area contributed by atoms with E-state index in [2.05, 4.69) is 10.6 Å². The average Bonchev–Trinajstić information content (AvgIpc) is 2.29. The number of carbonyl (C=O) groups excluding carboxylic acids is 3. The summed E-state index contributed by atoms with van der Waals surface area (Å²) in [6.07, 6.45) is -0.318. The molecule has 0 aliphatic heterocycles. The summed E-state index contributed by atoms with van der Waals surface area (Å²) < 4.78 is 0. The van der Waals surface area contributed by atoms with Crippen LogP contribution in [0.1, 0.15) is 26.7 Å². The molecule has 0 aromatic heterocycles. The molecule has 0 aliphatic carbocycles. The van der Waals surface area contributed by atoms with Gasteiger partial charge in [-0.3, -0.25) is 9.59 Å². The first-order chi connectivity index (χ1) is 9.15. The van der Waals surface area contributed by atoms with Gasteiger partial charge in [0.1, 0.15) is 12.1 Å². The summed E-state index contributed by atoms with van der Waals surface area (Å²) in [5.41, 5.74) is 10.0. The van der Waals surface area contributed by atoms with E-state index in [0.29, 0.717) is 0 Å². The Morgan fingerprint density at radius 3 is 2.00 bits per heavy atom. The predicted molar refractivity (Wildman–Crippen MR) is 69.3 cm³/mol. The zero-order valence-corrected chi connectivity index (χ0v) is 11.4. The van der Waals surface area contributed by atoms with E-state index in [1.165, 1.54) is 0 Å². The van der Waals surface area contributed by atoms with Crippen molar-refractivity contribution in [1.29, 1.82) is 0 Å². The molecule has 0 heterocycles. The summed E-state index contributed by atoms with van der Waals surface area (Å²) in [4.78, 5) is 44.2. The fourth-order valence-corrected chi connectivity index (χ4v) is 1.45. The van der Waals surface area contributed by atoms with Gasteiger partial charge in [-0.2, -0.15) is 0 Å². The molecule has 2 atom stereocenters. The topological polar surface area (TPSA) is 165 Å². The molecule has 0 saturated heterocycles. The van der Waals surface area contributed by atoms with Gasteiger partial charge >= 0.3 is 12.0 Å². The second kappa shape index (κ2) is 7.97. The highest BCUT2D eigenvalue weighted by molar-refractivity contribution is 5.88. The summed E-state index contributed by atoms with van der Waals surface area (Å²) in [5, 5.41) is 13.3. The van der Waals surface area contributed by atoms with E-state index in [4.69, 9.17) is 16.6 Å². The minimum atomic E-state index is -1.30. The lowest BCUT2D eigenvalue weighted by Crippen LogP contribution is -2.54. The summed E-state index contributed by atoms with van der Waals surface area (Å²) in [7, 11) is 0. The highest BCUT2D eigenvalue weighted by atomic mass is 16.4. The van der Waals surface area contributed by atoms with Gasteiger partial charge in [-0.05, 0) is 12.3 Å². The SMILES string of the molecule is CC(C)C(NC(=O)N[C@@H](CCC(N)=O)C(=O)O)C(N)=O. The van der Waals surface area contributed by atoms with Gasteiger partial charge in [0.2, 0.25) is 11.8 Å². The molecule has 0 aliphatic rings. The van der Waals surface area contributed by atoms with Gasteiger partial charge in [-0.15, -0.1) is 0 Å². The molecule has 7 N–H and O–H groups in total. The number of nitrogens with two attached hydrogens (primary N) is 2. The van der Waals surface area contributed by atoms with Crippen molar-refractivity contribution in [2.24, 2.45) is 17.4 Å². The molecule has 9 heteroatoms. The normalized spacial score (nSPS) is 13.3. The van der Waals surface area contributed by atoms with Crippen LogP contribution >= 0.6 is 0 Å². The van der Waals surface area contributed by atoms with E-state index >= 15 is 0 Å². The highest BCUT2D eigenvalue weighted by Gasteiger charge is 2.25. The second-order valence-corrected chi connectivity index (χ2v) is 4.64. The van der Waals surface area contributed by atoms with Crippen LogP contribution in [-0.4, -0.2) is 41.0 Å². The molecule has 114 valence electrons. The van der Waals surface area contributed by atoms with Crippen molar-refractivity contribution < 1.29 is 24.3 Å². The summed E-state index contributed by atoms with van der Waals surface area (Å²) in [5.74, 6) is -2.94. The first kappa shape index (κ1) is 17.7. The number of primary amides is 2. The Hall–Kier alpha value is -2.32. The zero-order valence-electron chi connectivity index (χ0n) is 11.4. The lowest BCUT2D eigenvalue weighted by atomic mass is 10.0. The third kappa shape index (κ3) is 6.57. The van der Waals surface area contributed by atoms with Crippen LogP contribution in [0.4, 0.5) is 4.79 Å². The van der Waals surface area contributed by atoms with Crippen LogP contribution in [0.15, 0.2) is 0 Å². The van der Waals surface area contributed by atoms with Crippen LogP contribution < -0.4 is 22.1 Å². The number of nitrogens with one attached hydrogen (secondary N) is 2. The summed E-state index contributed by atoms with van der Waals surface area (Å²) in [6, 6.07) is -3.04. The van der Waals surface area contributed by atoms with Crippen molar-refractivity contribution in [2.75, 3.05) is 0 Å². The first-order valence-electron chi connectivity index (χ1n) is 6.02. The maximum atomic E-state index is 11.6. The van der Waals surface area contributed by atoms with E-state index in [9.17, 15) is 19.2 Å². The number of amides is 4. The predicted octanol–water partition coefficient (Wildman–Crippen LogP) is -1.49. The minimum absolute atomic E-state index is 0.138. The molecule has 0 rings (SSSR count). The van der Waals surface area contributed by atoms with Gasteiger partial charge in [0.25, 0.3) is 0 Å². The molecule has 20 heavy (non-hydrogen) atoms. The molecule has 1 unspecified atom stereocenters. The van der Waals surface area contributed by atoms with E-state index < -0.39 is 35.9 Å². The monoisotopic (exact) mass is 288 g/mol. The van der Waals surface area contributed by atoms with E-state index in [0.717, 1.165) is 0 Å². The minimum Gasteiger partial charge on any atom is -0.480 e. The van der Waals surface area contributed by atoms with Gasteiger partial charge < -0.3 is 27.2 Å². The number of carboxylic acids is 1. The van der Waals surface area contributed by atoms with Crippen molar-refractivity contribution in [3.05, 3.63) is 0 Å². The second-order valence-electron chi connectivity index (χ2n) is 4.64. The largest absolute Gasteiger partial charge is 0.480 e. The average molecular weight is 288 g/mol. The van der Waals surface area contributed by atoms with Crippen molar-refractivity contribution >= 4 is 23.8 Å². The van der Waals surface area contributed by atoms with Gasteiger partial charge in [-0.1, -0.05) is 13.8 Å². The smallest absolute Gasteiger partial charge is 0.326 e. The Morgan fingerprint density at radius 2 is 1.65 bits per heavy atom. The molecule has 0 radical (unpaired) electrons. The molecular weight excluding hydrogens is 268 g/mol. The Labute approximate surface area is 116 Å². The Bertz CT molecular complexity index is 396. The number of hydrogen-bond acceptors (Lipinski definition) is 4. The van der Waals surface area contributed by atoms with Crippen molar-refractivity contribution in [2.45, 2.75) is 38.8 Å². The number of aliphatic carboxylic acids is 1. The van der Waals surface area contributed by atoms with Crippen LogP contribution in [-0.2, 0) is 14.4 Å².